The number of allylic oxidation sites excluding steroid dienone is 1. The van der Waals surface area contributed by atoms with Crippen LogP contribution in [0.4, 0.5) is 5.82 Å². The van der Waals surface area contributed by atoms with E-state index in [0.717, 1.165) is 25.9 Å². The normalized spacial score (nSPS) is 13.8. The van der Waals surface area contributed by atoms with Crippen molar-refractivity contribution >= 4 is 5.82 Å². The molecule has 0 amide bonds. The first-order valence-electron chi connectivity index (χ1n) is 8.10. The Morgan fingerprint density at radius 3 is 2.46 bits per heavy atom. The third-order valence-corrected chi connectivity index (χ3v) is 4.48. The number of hydrogen-bond acceptors (Lipinski definition) is 4. The van der Waals surface area contributed by atoms with E-state index in [1.54, 1.807) is 13.0 Å². The average molecular weight is 320 g/mol. The van der Waals surface area contributed by atoms with Crippen LogP contribution in [-0.2, 0) is 19.4 Å². The minimum absolute atomic E-state index is 0.119. The highest BCUT2D eigenvalue weighted by Crippen LogP contribution is 2.21. The van der Waals surface area contributed by atoms with Crippen LogP contribution in [0.3, 0.4) is 0 Å². The molecule has 0 N–H and O–H groups in total. The molecule has 1 aliphatic heterocycles. The number of nitriles is 1. The molecule has 0 atom stereocenters. The van der Waals surface area contributed by atoms with Gasteiger partial charge in [-0.3, -0.25) is 9.36 Å². The highest BCUT2D eigenvalue weighted by Gasteiger charge is 2.21. The van der Waals surface area contributed by atoms with Crippen molar-refractivity contribution in [2.45, 2.75) is 26.3 Å². The molecule has 5 nitrogen and oxygen atoms in total. The van der Waals surface area contributed by atoms with E-state index in [9.17, 15) is 10.1 Å². The average Bonchev–Trinajstić information content (AvgIpc) is 2.81. The maximum Gasteiger partial charge on any atom is 0.273 e. The smallest absolute Gasteiger partial charge is 0.273 e. The molecular weight excluding hydrogens is 300 g/mol. The SMILES string of the molecule is C=CCn1c(C)nc(N2CCc3ccccc3CC2)c(C#N)c1=O. The number of rotatable bonds is 3. The number of benzene rings is 1. The van der Waals surface area contributed by atoms with E-state index in [1.165, 1.54) is 15.7 Å². The van der Waals surface area contributed by atoms with Crippen molar-refractivity contribution in [2.75, 3.05) is 18.0 Å². The van der Waals surface area contributed by atoms with Gasteiger partial charge in [0.2, 0.25) is 0 Å². The minimum Gasteiger partial charge on any atom is -0.355 e. The molecule has 5 heteroatoms. The zero-order valence-corrected chi connectivity index (χ0v) is 13.8. The Kier molecular flexibility index (Phi) is 4.48. The van der Waals surface area contributed by atoms with E-state index in [4.69, 9.17) is 0 Å². The van der Waals surface area contributed by atoms with Gasteiger partial charge in [-0.25, -0.2) is 4.98 Å². The van der Waals surface area contributed by atoms with Gasteiger partial charge < -0.3 is 4.90 Å². The van der Waals surface area contributed by atoms with Crippen molar-refractivity contribution < 1.29 is 0 Å². The lowest BCUT2D eigenvalue weighted by Gasteiger charge is -2.23. The van der Waals surface area contributed by atoms with Crippen molar-refractivity contribution in [1.29, 1.82) is 5.26 Å². The minimum atomic E-state index is -0.290. The summed E-state index contributed by atoms with van der Waals surface area (Å²) >= 11 is 0. The monoisotopic (exact) mass is 320 g/mol. The van der Waals surface area contributed by atoms with Crippen molar-refractivity contribution in [3.8, 4) is 6.07 Å². The predicted octanol–water partition coefficient (Wildman–Crippen LogP) is 2.21. The maximum absolute atomic E-state index is 12.6. The first-order chi connectivity index (χ1) is 11.7. The maximum atomic E-state index is 12.6. The van der Waals surface area contributed by atoms with Crippen molar-refractivity contribution in [2.24, 2.45) is 0 Å². The van der Waals surface area contributed by atoms with Crippen molar-refractivity contribution in [3.05, 3.63) is 69.8 Å². The Bertz CT molecular complexity index is 849. The largest absolute Gasteiger partial charge is 0.355 e. The number of hydrogen-bond donors (Lipinski definition) is 0. The van der Waals surface area contributed by atoms with Crippen LogP contribution in [0.1, 0.15) is 22.5 Å². The predicted molar refractivity (Wildman–Crippen MR) is 94.2 cm³/mol. The Balaban J connectivity index is 2.00. The molecule has 24 heavy (non-hydrogen) atoms. The van der Waals surface area contributed by atoms with Crippen LogP contribution in [0, 0.1) is 18.3 Å². The van der Waals surface area contributed by atoms with Gasteiger partial charge in [-0.2, -0.15) is 5.26 Å². The second kappa shape index (κ2) is 6.71. The van der Waals surface area contributed by atoms with Crippen LogP contribution in [-0.4, -0.2) is 22.6 Å². The van der Waals surface area contributed by atoms with Crippen LogP contribution in [0.25, 0.3) is 0 Å². The van der Waals surface area contributed by atoms with Gasteiger partial charge in [-0.15, -0.1) is 6.58 Å². The van der Waals surface area contributed by atoms with Gasteiger partial charge in [0.1, 0.15) is 11.9 Å². The summed E-state index contributed by atoms with van der Waals surface area (Å²) in [4.78, 5) is 19.2. The molecule has 0 radical (unpaired) electrons. The number of aromatic nitrogens is 2. The molecule has 1 aliphatic rings. The van der Waals surface area contributed by atoms with E-state index in [0.29, 0.717) is 18.2 Å². The number of aryl methyl sites for hydroxylation is 1. The summed E-state index contributed by atoms with van der Waals surface area (Å²) in [5.74, 6) is 1.11. The first kappa shape index (κ1) is 16.0. The van der Waals surface area contributed by atoms with Gasteiger partial charge in [0.05, 0.1) is 0 Å². The van der Waals surface area contributed by atoms with Gasteiger partial charge in [-0.1, -0.05) is 30.3 Å². The van der Waals surface area contributed by atoms with Gasteiger partial charge >= 0.3 is 0 Å². The Morgan fingerprint density at radius 1 is 1.29 bits per heavy atom. The molecule has 122 valence electrons. The molecule has 0 aliphatic carbocycles. The highest BCUT2D eigenvalue weighted by molar-refractivity contribution is 5.54. The number of fused-ring (bicyclic) bond motifs is 1. The summed E-state index contributed by atoms with van der Waals surface area (Å²) in [5, 5.41) is 9.50. The van der Waals surface area contributed by atoms with E-state index in [2.05, 4.69) is 34.7 Å². The summed E-state index contributed by atoms with van der Waals surface area (Å²) in [6.45, 7) is 7.32. The van der Waals surface area contributed by atoms with Crippen LogP contribution in [0.2, 0.25) is 0 Å². The second-order valence-electron chi connectivity index (χ2n) is 5.93. The van der Waals surface area contributed by atoms with Crippen LogP contribution in [0.5, 0.6) is 0 Å². The van der Waals surface area contributed by atoms with Gasteiger partial charge in [0.25, 0.3) is 5.56 Å². The van der Waals surface area contributed by atoms with Crippen LogP contribution < -0.4 is 10.5 Å². The third-order valence-electron chi connectivity index (χ3n) is 4.48. The Morgan fingerprint density at radius 2 is 1.92 bits per heavy atom. The van der Waals surface area contributed by atoms with Gasteiger partial charge in [-0.05, 0) is 30.9 Å². The summed E-state index contributed by atoms with van der Waals surface area (Å²) in [7, 11) is 0. The van der Waals surface area contributed by atoms with Gasteiger partial charge in [0.15, 0.2) is 11.4 Å². The molecule has 1 aromatic heterocycles. The zero-order valence-electron chi connectivity index (χ0n) is 13.8. The van der Waals surface area contributed by atoms with E-state index in [1.807, 2.05) is 12.1 Å². The topological polar surface area (TPSA) is 61.9 Å². The summed E-state index contributed by atoms with van der Waals surface area (Å²) in [5.41, 5.74) is 2.49. The molecule has 0 spiro atoms. The lowest BCUT2D eigenvalue weighted by Crippen LogP contribution is -2.34. The summed E-state index contributed by atoms with van der Waals surface area (Å²) < 4.78 is 1.49. The fourth-order valence-electron chi connectivity index (χ4n) is 3.20. The third kappa shape index (κ3) is 2.83. The van der Waals surface area contributed by atoms with Gasteiger partial charge in [0, 0.05) is 19.6 Å². The molecule has 0 bridgehead atoms. The first-order valence-corrected chi connectivity index (χ1v) is 8.10. The highest BCUT2D eigenvalue weighted by atomic mass is 16.1. The van der Waals surface area contributed by atoms with E-state index in [-0.39, 0.29) is 11.1 Å². The van der Waals surface area contributed by atoms with Crippen LogP contribution >= 0.6 is 0 Å². The molecule has 0 saturated carbocycles. The second-order valence-corrected chi connectivity index (χ2v) is 5.93. The quantitative estimate of drug-likeness (QED) is 0.814. The molecular formula is C19H20N4O. The van der Waals surface area contributed by atoms with Crippen molar-refractivity contribution in [3.63, 3.8) is 0 Å². The summed E-state index contributed by atoms with van der Waals surface area (Å²) in [6, 6.07) is 10.4. The van der Waals surface area contributed by atoms with E-state index >= 15 is 0 Å². The molecule has 1 aromatic carbocycles. The molecule has 2 aromatic rings. The fraction of sp³-hybridized carbons (Fsp3) is 0.316. The lowest BCUT2D eigenvalue weighted by molar-refractivity contribution is 0.696. The Labute approximate surface area is 141 Å². The summed E-state index contributed by atoms with van der Waals surface area (Å²) in [6.07, 6.45) is 3.41. The Hall–Kier alpha value is -2.87. The molecule has 0 saturated heterocycles. The number of anilines is 1. The fourth-order valence-corrected chi connectivity index (χ4v) is 3.20. The molecule has 0 fully saturated rings. The molecule has 3 rings (SSSR count). The van der Waals surface area contributed by atoms with Crippen LogP contribution in [0.15, 0.2) is 41.7 Å². The van der Waals surface area contributed by atoms with Crippen molar-refractivity contribution in [1.82, 2.24) is 9.55 Å². The lowest BCUT2D eigenvalue weighted by atomic mass is 10.0. The number of nitrogens with zero attached hydrogens (tertiary/aromatic N) is 4. The molecule has 2 heterocycles. The zero-order chi connectivity index (χ0) is 17.1. The van der Waals surface area contributed by atoms with E-state index < -0.39 is 0 Å². The molecule has 0 unspecified atom stereocenters. The standard InChI is InChI=1S/C19H20N4O/c1-3-10-23-14(2)21-18(17(13-20)19(23)24)22-11-8-15-6-4-5-7-16(15)9-12-22/h3-7H,1,8-12H2,2H3.